The molecular formula is C49H47N5. The highest BCUT2D eigenvalue weighted by atomic mass is 14.9. The first-order valence-corrected chi connectivity index (χ1v) is 18.2. The molecule has 7 rings (SSSR count). The van der Waals surface area contributed by atoms with Crippen LogP contribution in [0.4, 0.5) is 17.1 Å². The van der Waals surface area contributed by atoms with E-state index in [1.807, 2.05) is 84.9 Å². The Morgan fingerprint density at radius 2 is 1.22 bits per heavy atom. The zero-order valence-electron chi connectivity index (χ0n) is 30.8. The van der Waals surface area contributed by atoms with Gasteiger partial charge in [0.25, 0.3) is 0 Å². The van der Waals surface area contributed by atoms with Crippen molar-refractivity contribution >= 4 is 39.7 Å². The second kappa shape index (κ2) is 18.2. The Hall–Kier alpha value is -6.69. The van der Waals surface area contributed by atoms with Crippen LogP contribution in [0.15, 0.2) is 187 Å². The summed E-state index contributed by atoms with van der Waals surface area (Å²) in [6, 6.07) is 55.8. The van der Waals surface area contributed by atoms with E-state index in [1.54, 1.807) is 0 Å². The molecule has 268 valence electrons. The third-order valence-corrected chi connectivity index (χ3v) is 9.33. The van der Waals surface area contributed by atoms with E-state index in [0.29, 0.717) is 18.1 Å². The number of nitrogens with two attached hydrogens (primary N) is 3. The minimum atomic E-state index is 0.376. The number of fused-ring (bicyclic) bond motifs is 1. The van der Waals surface area contributed by atoms with Crippen LogP contribution in [0.2, 0.25) is 0 Å². The summed E-state index contributed by atoms with van der Waals surface area (Å²) >= 11 is 0. The first-order chi connectivity index (χ1) is 26.4. The summed E-state index contributed by atoms with van der Waals surface area (Å²) < 4.78 is 0. The van der Waals surface area contributed by atoms with Gasteiger partial charge in [-0.25, -0.2) is 4.99 Å². The van der Waals surface area contributed by atoms with Gasteiger partial charge in [0, 0.05) is 35.3 Å². The van der Waals surface area contributed by atoms with E-state index < -0.39 is 0 Å². The highest BCUT2D eigenvalue weighted by molar-refractivity contribution is 6.07. The van der Waals surface area contributed by atoms with Gasteiger partial charge < -0.3 is 22.5 Å². The van der Waals surface area contributed by atoms with Crippen LogP contribution in [0, 0.1) is 6.92 Å². The lowest BCUT2D eigenvalue weighted by Gasteiger charge is -2.19. The van der Waals surface area contributed by atoms with Crippen molar-refractivity contribution in [2.24, 2.45) is 16.5 Å². The Bertz CT molecular complexity index is 2350. The smallest absolute Gasteiger partial charge is 0.130 e. The van der Waals surface area contributed by atoms with Crippen molar-refractivity contribution in [1.82, 2.24) is 0 Å². The maximum atomic E-state index is 6.39. The first kappa shape index (κ1) is 37.1. The minimum absolute atomic E-state index is 0.376. The molecule has 7 N–H and O–H groups in total. The molecule has 5 heteroatoms. The van der Waals surface area contributed by atoms with Crippen molar-refractivity contribution in [1.29, 1.82) is 0 Å². The summed E-state index contributed by atoms with van der Waals surface area (Å²) in [5.41, 5.74) is 31.3. The molecule has 7 aromatic rings. The third kappa shape index (κ3) is 9.39. The van der Waals surface area contributed by atoms with Gasteiger partial charge in [0.05, 0.1) is 11.4 Å². The molecule has 0 unspecified atom stereocenters. The predicted molar refractivity (Wildman–Crippen MR) is 232 cm³/mol. The van der Waals surface area contributed by atoms with E-state index in [-0.39, 0.29) is 0 Å². The van der Waals surface area contributed by atoms with Gasteiger partial charge in [-0.1, -0.05) is 176 Å². The van der Waals surface area contributed by atoms with Crippen molar-refractivity contribution in [3.8, 4) is 11.1 Å². The molecule has 7 aromatic carbocycles. The monoisotopic (exact) mass is 705 g/mol. The molecule has 0 bridgehead atoms. The number of amidine groups is 1. The molecule has 0 saturated carbocycles. The molecule has 0 fully saturated rings. The van der Waals surface area contributed by atoms with Gasteiger partial charge in [0.15, 0.2) is 0 Å². The van der Waals surface area contributed by atoms with Crippen molar-refractivity contribution in [2.45, 2.75) is 26.3 Å². The third-order valence-electron chi connectivity index (χ3n) is 9.33. The molecule has 0 aliphatic rings. The summed E-state index contributed by atoms with van der Waals surface area (Å²) in [6.07, 6.45) is 5.56. The molecular weight excluding hydrogens is 659 g/mol. The lowest BCUT2D eigenvalue weighted by molar-refractivity contribution is 1.07. The van der Waals surface area contributed by atoms with E-state index in [4.69, 9.17) is 22.2 Å². The molecule has 0 heterocycles. The quantitative estimate of drug-likeness (QED) is 0.0611. The maximum absolute atomic E-state index is 6.39. The number of nitrogens with zero attached hydrogens (tertiary/aromatic N) is 1. The number of aliphatic imine (C=N–C) groups is 1. The number of aryl methyl sites for hydroxylation is 1. The summed E-state index contributed by atoms with van der Waals surface area (Å²) in [5.74, 6) is 0.543. The molecule has 0 radical (unpaired) electrons. The fraction of sp³-hybridized carbons (Fsp3) is 0.0816. The highest BCUT2D eigenvalue weighted by Gasteiger charge is 2.15. The fourth-order valence-electron chi connectivity index (χ4n) is 6.40. The van der Waals surface area contributed by atoms with Gasteiger partial charge in [-0.2, -0.15) is 0 Å². The lowest BCUT2D eigenvalue weighted by atomic mass is 9.95. The van der Waals surface area contributed by atoms with Gasteiger partial charge >= 0.3 is 0 Å². The minimum Gasteiger partial charge on any atom is -0.397 e. The van der Waals surface area contributed by atoms with Crippen molar-refractivity contribution < 1.29 is 0 Å². The van der Waals surface area contributed by atoms with Gasteiger partial charge in [-0.3, -0.25) is 0 Å². The molecule has 0 spiro atoms. The number of benzene rings is 7. The molecule has 0 amide bonds. The molecule has 0 atom stereocenters. The Kier molecular flexibility index (Phi) is 12.5. The number of rotatable bonds is 11. The van der Waals surface area contributed by atoms with E-state index in [1.165, 1.54) is 27.8 Å². The number of anilines is 3. The summed E-state index contributed by atoms with van der Waals surface area (Å²) in [7, 11) is 0. The van der Waals surface area contributed by atoms with Crippen LogP contribution in [0.1, 0.15) is 33.4 Å². The topological polar surface area (TPSA) is 102 Å². The van der Waals surface area contributed by atoms with Crippen molar-refractivity contribution in [2.75, 3.05) is 11.1 Å². The Labute approximate surface area is 319 Å². The van der Waals surface area contributed by atoms with E-state index in [0.717, 1.165) is 57.4 Å². The van der Waals surface area contributed by atoms with Gasteiger partial charge in [-0.05, 0) is 64.2 Å². The number of allylic oxidation sites excluding steroid dienone is 2. The van der Waals surface area contributed by atoms with Gasteiger partial charge in [0.1, 0.15) is 5.84 Å². The fourth-order valence-corrected chi connectivity index (χ4v) is 6.40. The largest absolute Gasteiger partial charge is 0.397 e. The summed E-state index contributed by atoms with van der Waals surface area (Å²) in [4.78, 5) is 4.80. The Morgan fingerprint density at radius 3 is 1.83 bits per heavy atom. The zero-order valence-corrected chi connectivity index (χ0v) is 30.8. The normalized spacial score (nSPS) is 11.4. The number of nitrogens with one attached hydrogen (secondary N) is 1. The van der Waals surface area contributed by atoms with Crippen LogP contribution in [0.5, 0.6) is 0 Å². The standard InChI is InChI=1S/C30H28N2.C19H19N3/c1-23-12-17-26(18-13-23)27-19-14-25(15-20-27)22-29(21-16-24-8-4-2-5-9-24)32-30(31)28-10-6-3-7-11-28;1-2-14-15-10-6-7-11-16(15)19(18(21)17(14)12-20)22-13-8-4-3-5-9-13/h2-15,17-21H,16,22H2,1H3,(H2,31,32);2-11,22H,1,12,20-21H2/b29-21-;. The molecule has 0 saturated heterocycles. The van der Waals surface area contributed by atoms with Crippen LogP contribution in [0.25, 0.3) is 28.0 Å². The first-order valence-electron chi connectivity index (χ1n) is 18.2. The van der Waals surface area contributed by atoms with Crippen molar-refractivity contribution in [3.63, 3.8) is 0 Å². The molecule has 5 nitrogen and oxygen atoms in total. The Balaban J connectivity index is 0.000000197. The predicted octanol–water partition coefficient (Wildman–Crippen LogP) is 11.0. The van der Waals surface area contributed by atoms with Crippen LogP contribution in [-0.4, -0.2) is 5.84 Å². The molecule has 0 aliphatic carbocycles. The maximum Gasteiger partial charge on any atom is 0.130 e. The summed E-state index contributed by atoms with van der Waals surface area (Å²) in [5, 5.41) is 5.59. The second-order valence-corrected chi connectivity index (χ2v) is 13.1. The molecule has 0 aromatic heterocycles. The SMILES string of the molecule is C=Cc1c(CN)c(N)c(Nc2ccccc2)c2ccccc12.Cc1ccc(-c2ccc(C/C(=C/Cc3ccccc3)N=C(N)c3ccccc3)cc2)cc1. The highest BCUT2D eigenvalue weighted by Crippen LogP contribution is 2.38. The number of hydrogen-bond acceptors (Lipinski definition) is 4. The van der Waals surface area contributed by atoms with Gasteiger partial charge in [-0.15, -0.1) is 0 Å². The zero-order chi connectivity index (χ0) is 37.7. The molecule has 54 heavy (non-hydrogen) atoms. The van der Waals surface area contributed by atoms with Crippen LogP contribution >= 0.6 is 0 Å². The van der Waals surface area contributed by atoms with Crippen LogP contribution in [-0.2, 0) is 19.4 Å². The van der Waals surface area contributed by atoms with E-state index >= 15 is 0 Å². The van der Waals surface area contributed by atoms with Crippen molar-refractivity contribution in [3.05, 3.63) is 216 Å². The second-order valence-electron chi connectivity index (χ2n) is 13.1. The van der Waals surface area contributed by atoms with Crippen LogP contribution < -0.4 is 22.5 Å². The number of nitrogen functional groups attached to an aromatic ring is 1. The van der Waals surface area contributed by atoms with Crippen LogP contribution in [0.3, 0.4) is 0 Å². The average molecular weight is 706 g/mol. The van der Waals surface area contributed by atoms with E-state index in [2.05, 4.69) is 110 Å². The average Bonchev–Trinajstić information content (AvgIpc) is 3.22. The molecule has 0 aliphatic heterocycles. The van der Waals surface area contributed by atoms with Gasteiger partial charge in [0.2, 0.25) is 0 Å². The summed E-state index contributed by atoms with van der Waals surface area (Å²) in [6.45, 7) is 6.40. The lowest BCUT2D eigenvalue weighted by Crippen LogP contribution is -2.13. The Morgan fingerprint density at radius 1 is 0.667 bits per heavy atom. The number of para-hydroxylation sites is 1. The van der Waals surface area contributed by atoms with E-state index in [9.17, 15) is 0 Å². The number of hydrogen-bond donors (Lipinski definition) is 4.